The number of aliphatic hydroxyl groups excluding tert-OH is 1. The minimum absolute atomic E-state index is 0.000660. The molecular formula is C12H20BrNOS. The first-order chi connectivity index (χ1) is 7.45. The molecule has 0 saturated heterocycles. The first-order valence-electron chi connectivity index (χ1n) is 5.26. The van der Waals surface area contributed by atoms with E-state index in [1.54, 1.807) is 11.3 Å². The van der Waals surface area contributed by atoms with Crippen LogP contribution in [0.2, 0.25) is 0 Å². The summed E-state index contributed by atoms with van der Waals surface area (Å²) in [5.41, 5.74) is 6.47. The van der Waals surface area contributed by atoms with Crippen molar-refractivity contribution < 1.29 is 5.11 Å². The summed E-state index contributed by atoms with van der Waals surface area (Å²) >= 11 is 5.01. The van der Waals surface area contributed by atoms with Crippen LogP contribution in [-0.2, 0) is 5.54 Å². The molecular weight excluding hydrogens is 286 g/mol. The van der Waals surface area contributed by atoms with Crippen molar-refractivity contribution in [3.05, 3.63) is 32.9 Å². The SMILES string of the molecule is C=C(CO)CC(C)(N)c1cc(Br)cs1.CC. The summed E-state index contributed by atoms with van der Waals surface area (Å²) in [6.07, 6.45) is 0.608. The van der Waals surface area contributed by atoms with Gasteiger partial charge in [-0.05, 0) is 40.9 Å². The van der Waals surface area contributed by atoms with E-state index in [9.17, 15) is 0 Å². The minimum atomic E-state index is -0.434. The van der Waals surface area contributed by atoms with Gasteiger partial charge in [0.15, 0.2) is 0 Å². The summed E-state index contributed by atoms with van der Waals surface area (Å²) in [7, 11) is 0. The largest absolute Gasteiger partial charge is 0.392 e. The van der Waals surface area contributed by atoms with Gasteiger partial charge in [0, 0.05) is 14.7 Å². The summed E-state index contributed by atoms with van der Waals surface area (Å²) in [6.45, 7) is 9.70. The van der Waals surface area contributed by atoms with Crippen molar-refractivity contribution in [1.29, 1.82) is 0 Å². The standard InChI is InChI=1S/C10H14BrNOS.C2H6/c1-7(5-13)4-10(2,12)9-3-8(11)6-14-9;1-2/h3,6,13H,1,4-5,12H2,2H3;1-2H3. The smallest absolute Gasteiger partial charge is 0.0639 e. The van der Waals surface area contributed by atoms with Gasteiger partial charge in [0.1, 0.15) is 0 Å². The summed E-state index contributed by atoms with van der Waals surface area (Å²) in [5.74, 6) is 0. The highest BCUT2D eigenvalue weighted by Crippen LogP contribution is 2.31. The second-order valence-electron chi connectivity index (χ2n) is 3.63. The normalized spacial score (nSPS) is 13.6. The molecule has 0 amide bonds. The van der Waals surface area contributed by atoms with E-state index >= 15 is 0 Å². The first-order valence-corrected chi connectivity index (χ1v) is 6.94. The molecule has 0 aliphatic heterocycles. The summed E-state index contributed by atoms with van der Waals surface area (Å²) < 4.78 is 1.05. The van der Waals surface area contributed by atoms with E-state index in [1.165, 1.54) is 0 Å². The number of rotatable bonds is 4. The van der Waals surface area contributed by atoms with E-state index in [0.29, 0.717) is 6.42 Å². The third-order valence-corrected chi connectivity index (χ3v) is 3.94. The maximum atomic E-state index is 8.89. The predicted octanol–water partition coefficient (Wildman–Crippen LogP) is 3.65. The zero-order chi connectivity index (χ0) is 12.8. The van der Waals surface area contributed by atoms with Crippen LogP contribution in [0.15, 0.2) is 28.1 Å². The molecule has 16 heavy (non-hydrogen) atoms. The lowest BCUT2D eigenvalue weighted by atomic mass is 9.93. The van der Waals surface area contributed by atoms with Gasteiger partial charge in [-0.2, -0.15) is 0 Å². The second kappa shape index (κ2) is 7.22. The Kier molecular flexibility index (Phi) is 7.15. The van der Waals surface area contributed by atoms with Crippen molar-refractivity contribution in [3.63, 3.8) is 0 Å². The Bertz CT molecular complexity index is 334. The molecule has 92 valence electrons. The van der Waals surface area contributed by atoms with Crippen LogP contribution in [0.4, 0.5) is 0 Å². The van der Waals surface area contributed by atoms with Gasteiger partial charge < -0.3 is 10.8 Å². The molecule has 0 aliphatic carbocycles. The van der Waals surface area contributed by atoms with E-state index in [-0.39, 0.29) is 6.61 Å². The molecule has 3 N–H and O–H groups in total. The highest BCUT2D eigenvalue weighted by atomic mass is 79.9. The monoisotopic (exact) mass is 305 g/mol. The summed E-state index contributed by atoms with van der Waals surface area (Å²) in [5, 5.41) is 10.9. The van der Waals surface area contributed by atoms with Crippen molar-refractivity contribution >= 4 is 27.3 Å². The van der Waals surface area contributed by atoms with Gasteiger partial charge in [0.25, 0.3) is 0 Å². The number of nitrogens with two attached hydrogens (primary N) is 1. The van der Waals surface area contributed by atoms with Gasteiger partial charge in [0.2, 0.25) is 0 Å². The lowest BCUT2D eigenvalue weighted by Crippen LogP contribution is -2.32. The molecule has 1 unspecified atom stereocenters. The van der Waals surface area contributed by atoms with Crippen molar-refractivity contribution in [3.8, 4) is 0 Å². The third kappa shape index (κ3) is 4.78. The number of hydrogen-bond acceptors (Lipinski definition) is 3. The van der Waals surface area contributed by atoms with E-state index in [1.807, 2.05) is 32.2 Å². The van der Waals surface area contributed by atoms with Crippen LogP contribution in [0.5, 0.6) is 0 Å². The van der Waals surface area contributed by atoms with Crippen molar-refractivity contribution in [2.24, 2.45) is 5.73 Å². The minimum Gasteiger partial charge on any atom is -0.392 e. The van der Waals surface area contributed by atoms with E-state index in [0.717, 1.165) is 14.9 Å². The van der Waals surface area contributed by atoms with E-state index in [4.69, 9.17) is 10.8 Å². The Hall–Kier alpha value is -0.160. The van der Waals surface area contributed by atoms with Gasteiger partial charge in [-0.15, -0.1) is 11.3 Å². The maximum absolute atomic E-state index is 8.89. The fourth-order valence-corrected chi connectivity index (χ4v) is 2.78. The zero-order valence-electron chi connectivity index (χ0n) is 10.1. The van der Waals surface area contributed by atoms with Crippen LogP contribution in [0, 0.1) is 0 Å². The maximum Gasteiger partial charge on any atom is 0.0639 e. The van der Waals surface area contributed by atoms with Gasteiger partial charge in [-0.1, -0.05) is 20.4 Å². The molecule has 1 heterocycles. The van der Waals surface area contributed by atoms with Gasteiger partial charge in [-0.25, -0.2) is 0 Å². The number of hydrogen-bond donors (Lipinski definition) is 2. The highest BCUT2D eigenvalue weighted by Gasteiger charge is 2.23. The van der Waals surface area contributed by atoms with Crippen molar-refractivity contribution in [1.82, 2.24) is 0 Å². The molecule has 1 atom stereocenters. The average molecular weight is 306 g/mol. The molecule has 1 rings (SSSR count). The zero-order valence-corrected chi connectivity index (χ0v) is 12.5. The topological polar surface area (TPSA) is 46.2 Å². The Morgan fingerprint density at radius 1 is 1.62 bits per heavy atom. The lowest BCUT2D eigenvalue weighted by molar-refractivity contribution is 0.317. The molecule has 0 aliphatic rings. The molecule has 0 spiro atoms. The van der Waals surface area contributed by atoms with Crippen molar-refractivity contribution in [2.75, 3.05) is 6.61 Å². The molecule has 0 bridgehead atoms. The number of halogens is 1. The second-order valence-corrected chi connectivity index (χ2v) is 5.46. The Labute approximate surface area is 110 Å². The fourth-order valence-electron chi connectivity index (χ4n) is 1.27. The molecule has 2 nitrogen and oxygen atoms in total. The van der Waals surface area contributed by atoms with Gasteiger partial charge >= 0.3 is 0 Å². The molecule has 1 aromatic heterocycles. The average Bonchev–Trinajstić information content (AvgIpc) is 2.68. The molecule has 0 fully saturated rings. The van der Waals surface area contributed by atoms with Crippen LogP contribution in [0.25, 0.3) is 0 Å². The quantitative estimate of drug-likeness (QED) is 0.834. The van der Waals surface area contributed by atoms with Crippen LogP contribution in [0.3, 0.4) is 0 Å². The lowest BCUT2D eigenvalue weighted by Gasteiger charge is -2.23. The molecule has 0 aromatic carbocycles. The molecule has 0 saturated carbocycles. The third-order valence-electron chi connectivity index (χ3n) is 1.97. The van der Waals surface area contributed by atoms with E-state index < -0.39 is 5.54 Å². The predicted molar refractivity (Wildman–Crippen MR) is 75.7 cm³/mol. The summed E-state index contributed by atoms with van der Waals surface area (Å²) in [6, 6.07) is 2.01. The molecule has 4 heteroatoms. The highest BCUT2D eigenvalue weighted by molar-refractivity contribution is 9.10. The summed E-state index contributed by atoms with van der Waals surface area (Å²) in [4.78, 5) is 1.10. The number of thiophene rings is 1. The van der Waals surface area contributed by atoms with Crippen LogP contribution in [-0.4, -0.2) is 11.7 Å². The number of aliphatic hydroxyl groups is 1. The van der Waals surface area contributed by atoms with Crippen LogP contribution < -0.4 is 5.73 Å². The Balaban J connectivity index is 0.00000106. The Morgan fingerprint density at radius 3 is 2.56 bits per heavy atom. The van der Waals surface area contributed by atoms with Crippen molar-refractivity contribution in [2.45, 2.75) is 32.7 Å². The van der Waals surface area contributed by atoms with Crippen LogP contribution >= 0.6 is 27.3 Å². The Morgan fingerprint density at radius 2 is 2.19 bits per heavy atom. The molecule has 0 radical (unpaired) electrons. The van der Waals surface area contributed by atoms with Gasteiger partial charge in [0.05, 0.1) is 12.1 Å². The van der Waals surface area contributed by atoms with Gasteiger partial charge in [-0.3, -0.25) is 0 Å². The molecule has 1 aromatic rings. The van der Waals surface area contributed by atoms with E-state index in [2.05, 4.69) is 22.5 Å². The van der Waals surface area contributed by atoms with Crippen LogP contribution in [0.1, 0.15) is 32.1 Å². The fraction of sp³-hybridized carbons (Fsp3) is 0.500. The first kappa shape index (κ1) is 15.8.